The van der Waals surface area contributed by atoms with Crippen molar-refractivity contribution >= 4 is 52.9 Å². The lowest BCUT2D eigenvalue weighted by molar-refractivity contribution is 0.800. The topological polar surface area (TPSA) is 49.3 Å². The van der Waals surface area contributed by atoms with Gasteiger partial charge in [-0.05, 0) is 31.0 Å². The molecule has 4 nitrogen and oxygen atoms in total. The molecule has 0 saturated carbocycles. The summed E-state index contributed by atoms with van der Waals surface area (Å²) in [6.07, 6.45) is 0.980. The lowest BCUT2D eigenvalue weighted by Gasteiger charge is -2.10. The molecule has 1 heterocycles. The maximum atomic E-state index is 5.99. The van der Waals surface area contributed by atoms with Crippen molar-refractivity contribution in [3.63, 3.8) is 0 Å². The normalized spacial score (nSPS) is 11.0. The van der Waals surface area contributed by atoms with Crippen LogP contribution in [0.4, 0.5) is 0 Å². The largest absolute Gasteiger partial charge is 0.357 e. The van der Waals surface area contributed by atoms with Crippen molar-refractivity contribution in [2.45, 2.75) is 33.4 Å². The van der Waals surface area contributed by atoms with Crippen molar-refractivity contribution in [1.29, 1.82) is 0 Å². The molecule has 0 fully saturated rings. The fourth-order valence-electron chi connectivity index (χ4n) is 1.91. The molecule has 0 aliphatic carbocycles. The van der Waals surface area contributed by atoms with Crippen molar-refractivity contribution in [3.8, 4) is 0 Å². The molecule has 0 aliphatic rings. The van der Waals surface area contributed by atoms with Crippen LogP contribution in [-0.2, 0) is 19.5 Å². The van der Waals surface area contributed by atoms with Crippen molar-refractivity contribution < 1.29 is 0 Å². The molecule has 23 heavy (non-hydrogen) atoms. The van der Waals surface area contributed by atoms with E-state index < -0.39 is 0 Å². The minimum Gasteiger partial charge on any atom is -0.357 e. The first-order valence-electron chi connectivity index (χ1n) is 7.41. The number of guanidine groups is 1. The molecule has 0 amide bonds. The molecule has 7 heteroatoms. The van der Waals surface area contributed by atoms with Crippen LogP contribution in [0.1, 0.15) is 30.1 Å². The van der Waals surface area contributed by atoms with E-state index in [1.165, 1.54) is 0 Å². The van der Waals surface area contributed by atoms with Crippen molar-refractivity contribution in [1.82, 2.24) is 15.6 Å². The van der Waals surface area contributed by atoms with Crippen LogP contribution >= 0.6 is 46.9 Å². The molecule has 0 bridgehead atoms. The van der Waals surface area contributed by atoms with Gasteiger partial charge in [0.05, 0.1) is 23.8 Å². The molecule has 0 saturated heterocycles. The van der Waals surface area contributed by atoms with E-state index in [-0.39, 0.29) is 24.0 Å². The zero-order chi connectivity index (χ0) is 15.8. The van der Waals surface area contributed by atoms with Gasteiger partial charge in [-0.1, -0.05) is 30.7 Å². The van der Waals surface area contributed by atoms with Gasteiger partial charge in [0.15, 0.2) is 5.96 Å². The van der Waals surface area contributed by atoms with E-state index in [4.69, 9.17) is 11.6 Å². The third kappa shape index (κ3) is 7.05. The highest BCUT2D eigenvalue weighted by Gasteiger charge is 2.02. The zero-order valence-electron chi connectivity index (χ0n) is 13.3. The van der Waals surface area contributed by atoms with Gasteiger partial charge in [0.1, 0.15) is 0 Å². The number of aliphatic imine (C=N–C) groups is 1. The number of hydrogen-bond acceptors (Lipinski definition) is 3. The van der Waals surface area contributed by atoms with Gasteiger partial charge in [0.2, 0.25) is 0 Å². The average molecular weight is 465 g/mol. The molecule has 2 rings (SSSR count). The third-order valence-electron chi connectivity index (χ3n) is 2.99. The van der Waals surface area contributed by atoms with E-state index in [1.54, 1.807) is 11.3 Å². The van der Waals surface area contributed by atoms with Crippen LogP contribution in [0.3, 0.4) is 0 Å². The first-order valence-corrected chi connectivity index (χ1v) is 8.67. The number of hydrogen-bond donors (Lipinski definition) is 2. The number of halogens is 2. The van der Waals surface area contributed by atoms with E-state index in [0.717, 1.165) is 40.2 Å². The van der Waals surface area contributed by atoms with Crippen LogP contribution in [0.25, 0.3) is 0 Å². The highest BCUT2D eigenvalue weighted by Crippen LogP contribution is 2.11. The fourth-order valence-corrected chi connectivity index (χ4v) is 2.87. The Morgan fingerprint density at radius 1 is 1.30 bits per heavy atom. The van der Waals surface area contributed by atoms with Gasteiger partial charge < -0.3 is 10.6 Å². The molecule has 0 atom stereocenters. The van der Waals surface area contributed by atoms with Gasteiger partial charge in [0.25, 0.3) is 0 Å². The average Bonchev–Trinajstić information content (AvgIpc) is 2.98. The molecule has 0 aliphatic heterocycles. The fraction of sp³-hybridized carbons (Fsp3) is 0.375. The van der Waals surface area contributed by atoms with Crippen molar-refractivity contribution in [2.24, 2.45) is 4.99 Å². The third-order valence-corrected chi connectivity index (χ3v) is 4.27. The minimum atomic E-state index is 0. The first-order chi connectivity index (χ1) is 10.7. The quantitative estimate of drug-likeness (QED) is 0.382. The zero-order valence-corrected chi connectivity index (χ0v) is 17.2. The van der Waals surface area contributed by atoms with Crippen LogP contribution in [0.5, 0.6) is 0 Å². The minimum absolute atomic E-state index is 0. The Balaban J connectivity index is 0.00000264. The summed E-state index contributed by atoms with van der Waals surface area (Å²) in [4.78, 5) is 9.12. The van der Waals surface area contributed by atoms with Crippen LogP contribution in [-0.4, -0.2) is 17.5 Å². The van der Waals surface area contributed by atoms with Crippen molar-refractivity contribution in [3.05, 3.63) is 50.9 Å². The molecular weight excluding hydrogens is 443 g/mol. The van der Waals surface area contributed by atoms with Crippen LogP contribution in [0, 0.1) is 0 Å². The maximum absolute atomic E-state index is 5.99. The van der Waals surface area contributed by atoms with Crippen LogP contribution < -0.4 is 10.6 Å². The second kappa shape index (κ2) is 10.8. The van der Waals surface area contributed by atoms with E-state index in [9.17, 15) is 0 Å². The van der Waals surface area contributed by atoms with Gasteiger partial charge in [-0.15, -0.1) is 35.3 Å². The van der Waals surface area contributed by atoms with E-state index >= 15 is 0 Å². The lowest BCUT2D eigenvalue weighted by Crippen LogP contribution is -2.36. The summed E-state index contributed by atoms with van der Waals surface area (Å²) in [5.41, 5.74) is 2.14. The van der Waals surface area contributed by atoms with E-state index in [1.807, 2.05) is 24.3 Å². The Bertz CT molecular complexity index is 630. The number of aromatic nitrogens is 1. The Morgan fingerprint density at radius 2 is 2.13 bits per heavy atom. The SMILES string of the molecule is CCNC(=NCc1cccc(Cl)c1)NCc1csc(CC)n1.I. The van der Waals surface area contributed by atoms with E-state index in [2.05, 4.69) is 39.8 Å². The molecule has 126 valence electrons. The predicted octanol–water partition coefficient (Wildman–Crippen LogP) is 4.23. The second-order valence-corrected chi connectivity index (χ2v) is 6.14. The molecule has 1 aromatic heterocycles. The summed E-state index contributed by atoms with van der Waals surface area (Å²) < 4.78 is 0. The molecular formula is C16H22ClIN4S. The highest BCUT2D eigenvalue weighted by molar-refractivity contribution is 14.0. The maximum Gasteiger partial charge on any atom is 0.191 e. The van der Waals surface area contributed by atoms with Gasteiger partial charge in [0, 0.05) is 16.9 Å². The molecule has 2 aromatic rings. The Hall–Kier alpha value is -0.860. The monoisotopic (exact) mass is 464 g/mol. The lowest BCUT2D eigenvalue weighted by atomic mass is 10.2. The van der Waals surface area contributed by atoms with Gasteiger partial charge >= 0.3 is 0 Å². The van der Waals surface area contributed by atoms with E-state index in [0.29, 0.717) is 13.1 Å². The standard InChI is InChI=1S/C16H21ClN4S.HI/c1-3-15-21-14(11-22-15)10-20-16(18-4-2)19-9-12-6-5-7-13(17)8-12;/h5-8,11H,3-4,9-10H2,1-2H3,(H2,18,19,20);1H. The molecule has 0 spiro atoms. The number of nitrogens with one attached hydrogen (secondary N) is 2. The van der Waals surface area contributed by atoms with Crippen molar-refractivity contribution in [2.75, 3.05) is 6.54 Å². The predicted molar refractivity (Wildman–Crippen MR) is 110 cm³/mol. The van der Waals surface area contributed by atoms with Gasteiger partial charge in [-0.25, -0.2) is 9.98 Å². The summed E-state index contributed by atoms with van der Waals surface area (Å²) in [6.45, 7) is 6.25. The summed E-state index contributed by atoms with van der Waals surface area (Å²) in [6, 6.07) is 7.76. The summed E-state index contributed by atoms with van der Waals surface area (Å²) >= 11 is 7.69. The number of aryl methyl sites for hydroxylation is 1. The molecule has 2 N–H and O–H groups in total. The van der Waals surface area contributed by atoms with Gasteiger partial charge in [-0.3, -0.25) is 0 Å². The Morgan fingerprint density at radius 3 is 2.78 bits per heavy atom. The van der Waals surface area contributed by atoms with Crippen LogP contribution in [0.15, 0.2) is 34.6 Å². The van der Waals surface area contributed by atoms with Crippen LogP contribution in [0.2, 0.25) is 5.02 Å². The number of thiazole rings is 1. The Labute approximate surface area is 163 Å². The summed E-state index contributed by atoms with van der Waals surface area (Å²) in [5, 5.41) is 10.5. The molecule has 0 unspecified atom stereocenters. The van der Waals surface area contributed by atoms with Gasteiger partial charge in [-0.2, -0.15) is 0 Å². The Kier molecular flexibility index (Phi) is 9.50. The first kappa shape index (κ1) is 20.2. The number of benzene rings is 1. The second-order valence-electron chi connectivity index (χ2n) is 4.76. The number of nitrogens with zero attached hydrogens (tertiary/aromatic N) is 2. The molecule has 1 aromatic carbocycles. The smallest absolute Gasteiger partial charge is 0.191 e. The summed E-state index contributed by atoms with van der Waals surface area (Å²) in [5.74, 6) is 0.786. The number of rotatable bonds is 6. The highest BCUT2D eigenvalue weighted by atomic mass is 127. The molecule has 0 radical (unpaired) electrons. The summed E-state index contributed by atoms with van der Waals surface area (Å²) in [7, 11) is 0.